The summed E-state index contributed by atoms with van der Waals surface area (Å²) < 4.78 is 1.36. The molecule has 0 saturated heterocycles. The third kappa shape index (κ3) is 1.90. The van der Waals surface area contributed by atoms with E-state index in [9.17, 15) is 0 Å². The second-order valence-corrected chi connectivity index (χ2v) is 10.8. The SMILES string of the molecule is CC1C2CCC3C2C(C)(C)CC(c2nc4ccccc4s2)CC13C. The Hall–Kier alpha value is -0.890. The number of para-hydroxylation sites is 1. The zero-order valence-electron chi connectivity index (χ0n) is 15.4. The lowest BCUT2D eigenvalue weighted by molar-refractivity contribution is 0.0907. The third-order valence-corrected chi connectivity index (χ3v) is 9.45. The molecule has 3 saturated carbocycles. The molecule has 3 fully saturated rings. The van der Waals surface area contributed by atoms with Gasteiger partial charge in [0.1, 0.15) is 0 Å². The molecule has 0 aliphatic heterocycles. The zero-order valence-corrected chi connectivity index (χ0v) is 16.2. The fourth-order valence-electron chi connectivity index (χ4n) is 7.23. The van der Waals surface area contributed by atoms with Crippen LogP contribution in [0.25, 0.3) is 10.2 Å². The summed E-state index contributed by atoms with van der Waals surface area (Å²) in [6.45, 7) is 10.3. The van der Waals surface area contributed by atoms with E-state index in [0.29, 0.717) is 16.7 Å². The van der Waals surface area contributed by atoms with Crippen molar-refractivity contribution >= 4 is 21.6 Å². The Labute approximate surface area is 149 Å². The van der Waals surface area contributed by atoms with Crippen LogP contribution < -0.4 is 0 Å². The third-order valence-electron chi connectivity index (χ3n) is 8.26. The zero-order chi connectivity index (χ0) is 16.7. The van der Waals surface area contributed by atoms with E-state index in [1.165, 1.54) is 40.9 Å². The molecule has 1 nitrogen and oxygen atoms in total. The molecular formula is C22H29NS. The standard InChI is InChI=1S/C22H29NS/c1-13-15-9-10-16-19(15)21(2,3)11-14(12-22(13,16)4)20-23-17-7-5-6-8-18(17)24-20/h5-8,13-16,19H,9-12H2,1-4H3. The monoisotopic (exact) mass is 339 g/mol. The summed E-state index contributed by atoms with van der Waals surface area (Å²) in [4.78, 5) is 5.06. The highest BCUT2D eigenvalue weighted by Crippen LogP contribution is 2.72. The number of benzene rings is 1. The Morgan fingerprint density at radius 1 is 1.08 bits per heavy atom. The number of hydrogen-bond donors (Lipinski definition) is 0. The molecule has 1 aromatic heterocycles. The first kappa shape index (κ1) is 15.4. The molecule has 2 heteroatoms. The molecule has 128 valence electrons. The minimum Gasteiger partial charge on any atom is -0.241 e. The number of nitrogens with zero attached hydrogens (tertiary/aromatic N) is 1. The van der Waals surface area contributed by atoms with Crippen molar-refractivity contribution in [2.75, 3.05) is 0 Å². The van der Waals surface area contributed by atoms with Crippen molar-refractivity contribution in [2.45, 2.75) is 59.3 Å². The van der Waals surface area contributed by atoms with Gasteiger partial charge < -0.3 is 0 Å². The smallest absolute Gasteiger partial charge is 0.0969 e. The van der Waals surface area contributed by atoms with Gasteiger partial charge in [-0.15, -0.1) is 11.3 Å². The first-order valence-corrected chi connectivity index (χ1v) is 10.6. The molecule has 1 aromatic carbocycles. The topological polar surface area (TPSA) is 12.9 Å². The van der Waals surface area contributed by atoms with Gasteiger partial charge in [0.15, 0.2) is 0 Å². The highest BCUT2D eigenvalue weighted by atomic mass is 32.1. The molecule has 0 radical (unpaired) electrons. The van der Waals surface area contributed by atoms with Crippen LogP contribution in [0.5, 0.6) is 0 Å². The second kappa shape index (κ2) is 4.84. The van der Waals surface area contributed by atoms with Gasteiger partial charge in [0, 0.05) is 5.92 Å². The van der Waals surface area contributed by atoms with E-state index in [2.05, 4.69) is 52.0 Å². The quantitative estimate of drug-likeness (QED) is 0.578. The largest absolute Gasteiger partial charge is 0.241 e. The molecular weight excluding hydrogens is 310 g/mol. The van der Waals surface area contributed by atoms with Gasteiger partial charge >= 0.3 is 0 Å². The van der Waals surface area contributed by atoms with Crippen molar-refractivity contribution in [1.82, 2.24) is 4.98 Å². The predicted octanol–water partition coefficient (Wildman–Crippen LogP) is 6.50. The van der Waals surface area contributed by atoms with Gasteiger partial charge in [0.2, 0.25) is 0 Å². The lowest BCUT2D eigenvalue weighted by atomic mass is 9.63. The Bertz CT molecular complexity index is 757. The summed E-state index contributed by atoms with van der Waals surface area (Å²) in [5.74, 6) is 4.41. The van der Waals surface area contributed by atoms with Crippen LogP contribution in [-0.2, 0) is 0 Å². The summed E-state index contributed by atoms with van der Waals surface area (Å²) >= 11 is 1.95. The normalized spacial score (nSPS) is 43.2. The average molecular weight is 340 g/mol. The lowest BCUT2D eigenvalue weighted by Gasteiger charge is -2.42. The molecule has 0 spiro atoms. The van der Waals surface area contributed by atoms with Crippen LogP contribution in [-0.4, -0.2) is 4.98 Å². The predicted molar refractivity (Wildman–Crippen MR) is 102 cm³/mol. The molecule has 6 atom stereocenters. The summed E-state index contributed by atoms with van der Waals surface area (Å²) in [7, 11) is 0. The van der Waals surface area contributed by atoms with Crippen LogP contribution in [0, 0.1) is 34.5 Å². The molecule has 0 N–H and O–H groups in total. The van der Waals surface area contributed by atoms with Crippen LogP contribution in [0.4, 0.5) is 0 Å². The number of thiazole rings is 1. The highest BCUT2D eigenvalue weighted by molar-refractivity contribution is 7.18. The van der Waals surface area contributed by atoms with Gasteiger partial charge in [-0.3, -0.25) is 0 Å². The highest BCUT2D eigenvalue weighted by Gasteiger charge is 2.64. The van der Waals surface area contributed by atoms with E-state index in [4.69, 9.17) is 4.98 Å². The van der Waals surface area contributed by atoms with E-state index in [0.717, 1.165) is 23.7 Å². The maximum Gasteiger partial charge on any atom is 0.0969 e. The van der Waals surface area contributed by atoms with Crippen LogP contribution >= 0.6 is 11.3 Å². The fourth-order valence-corrected chi connectivity index (χ4v) is 8.30. The average Bonchev–Trinajstić information content (AvgIpc) is 3.19. The van der Waals surface area contributed by atoms with Gasteiger partial charge in [0.05, 0.1) is 15.2 Å². The Kier molecular flexibility index (Phi) is 3.10. The molecule has 6 unspecified atom stereocenters. The number of fused-ring (bicyclic) bond motifs is 1. The summed E-state index contributed by atoms with van der Waals surface area (Å²) in [5, 5.41) is 1.40. The van der Waals surface area contributed by atoms with Gasteiger partial charge in [0.25, 0.3) is 0 Å². The molecule has 2 aromatic rings. The first-order valence-electron chi connectivity index (χ1n) is 9.75. The molecule has 1 heterocycles. The Morgan fingerprint density at radius 3 is 2.67 bits per heavy atom. The lowest BCUT2D eigenvalue weighted by Crippen LogP contribution is -2.33. The molecule has 5 rings (SSSR count). The van der Waals surface area contributed by atoms with Crippen molar-refractivity contribution < 1.29 is 0 Å². The number of hydrogen-bond acceptors (Lipinski definition) is 2. The van der Waals surface area contributed by atoms with Crippen molar-refractivity contribution in [3.05, 3.63) is 29.3 Å². The van der Waals surface area contributed by atoms with Crippen molar-refractivity contribution in [3.8, 4) is 0 Å². The minimum atomic E-state index is 0.455. The van der Waals surface area contributed by atoms with Crippen LogP contribution in [0.2, 0.25) is 0 Å². The van der Waals surface area contributed by atoms with Crippen molar-refractivity contribution in [3.63, 3.8) is 0 Å². The van der Waals surface area contributed by atoms with Crippen molar-refractivity contribution in [1.29, 1.82) is 0 Å². The Morgan fingerprint density at radius 2 is 1.88 bits per heavy atom. The van der Waals surface area contributed by atoms with Crippen LogP contribution in [0.3, 0.4) is 0 Å². The molecule has 3 aliphatic carbocycles. The first-order chi connectivity index (χ1) is 11.4. The van der Waals surface area contributed by atoms with Gasteiger partial charge in [-0.05, 0) is 72.3 Å². The Balaban J connectivity index is 1.59. The van der Waals surface area contributed by atoms with Crippen LogP contribution in [0.15, 0.2) is 24.3 Å². The van der Waals surface area contributed by atoms with Gasteiger partial charge in [-0.2, -0.15) is 0 Å². The van der Waals surface area contributed by atoms with Gasteiger partial charge in [-0.1, -0.05) is 39.8 Å². The van der Waals surface area contributed by atoms with E-state index >= 15 is 0 Å². The second-order valence-electron chi connectivity index (χ2n) is 9.78. The van der Waals surface area contributed by atoms with Crippen LogP contribution in [0.1, 0.15) is 64.3 Å². The van der Waals surface area contributed by atoms with E-state index in [-0.39, 0.29) is 0 Å². The van der Waals surface area contributed by atoms with E-state index in [1.54, 1.807) is 0 Å². The molecule has 3 aliphatic rings. The molecule has 0 amide bonds. The van der Waals surface area contributed by atoms with E-state index in [1.807, 2.05) is 11.3 Å². The fraction of sp³-hybridized carbons (Fsp3) is 0.682. The summed E-state index contributed by atoms with van der Waals surface area (Å²) in [6, 6.07) is 8.67. The molecule has 24 heavy (non-hydrogen) atoms. The number of aromatic nitrogens is 1. The molecule has 4 bridgehead atoms. The maximum absolute atomic E-state index is 5.06. The number of rotatable bonds is 1. The van der Waals surface area contributed by atoms with Gasteiger partial charge in [-0.25, -0.2) is 4.98 Å². The van der Waals surface area contributed by atoms with E-state index < -0.39 is 0 Å². The summed E-state index contributed by atoms with van der Waals surface area (Å²) in [6.07, 6.45) is 5.65. The van der Waals surface area contributed by atoms with Crippen molar-refractivity contribution in [2.24, 2.45) is 34.5 Å². The summed E-state index contributed by atoms with van der Waals surface area (Å²) in [5.41, 5.74) is 2.19. The maximum atomic E-state index is 5.06. The minimum absolute atomic E-state index is 0.455.